The zero-order valence-electron chi connectivity index (χ0n) is 14.6. The van der Waals surface area contributed by atoms with Crippen LogP contribution in [0.5, 0.6) is 5.75 Å². The monoisotopic (exact) mass is 358 g/mol. The summed E-state index contributed by atoms with van der Waals surface area (Å²) in [7, 11) is 1.58. The Bertz CT molecular complexity index is 802. The van der Waals surface area contributed by atoms with Gasteiger partial charge in [0.1, 0.15) is 5.75 Å². The molecule has 0 spiro atoms. The summed E-state index contributed by atoms with van der Waals surface area (Å²) in [5, 5.41) is 16.2. The number of aromatic nitrogens is 2. The van der Waals surface area contributed by atoms with Crippen LogP contribution in [-0.2, 0) is 24.3 Å². The number of hydrogen-bond donors (Lipinski definition) is 2. The number of hydrogen-bond acceptors (Lipinski definition) is 4. The van der Waals surface area contributed by atoms with E-state index in [1.54, 1.807) is 18.1 Å². The molecule has 0 atom stereocenters. The molecule has 2 aromatic rings. The zero-order valence-corrected chi connectivity index (χ0v) is 14.6. The van der Waals surface area contributed by atoms with Gasteiger partial charge in [-0.25, -0.2) is 4.79 Å². The number of carbonyl (C=O) groups is 2. The molecule has 0 saturated carbocycles. The molecular formula is C18H22N4O4. The molecule has 1 aliphatic rings. The van der Waals surface area contributed by atoms with Gasteiger partial charge in [-0.15, -0.1) is 0 Å². The average Bonchev–Trinajstić information content (AvgIpc) is 2.90. The molecule has 0 fully saturated rings. The van der Waals surface area contributed by atoms with Crippen molar-refractivity contribution in [3.63, 3.8) is 0 Å². The van der Waals surface area contributed by atoms with Crippen molar-refractivity contribution < 1.29 is 19.4 Å². The minimum Gasteiger partial charge on any atom is -0.497 e. The third-order valence-corrected chi connectivity index (χ3v) is 4.27. The first-order valence-corrected chi connectivity index (χ1v) is 8.52. The predicted molar refractivity (Wildman–Crippen MR) is 95.2 cm³/mol. The highest BCUT2D eigenvalue weighted by molar-refractivity contribution is 5.89. The number of methoxy groups -OCH3 is 1. The molecule has 2 N–H and O–H groups in total. The molecule has 0 radical (unpaired) electrons. The second kappa shape index (κ2) is 7.90. The minimum atomic E-state index is -0.840. The molecule has 1 aromatic carbocycles. The van der Waals surface area contributed by atoms with E-state index in [1.807, 2.05) is 28.9 Å². The Balaban J connectivity index is 1.67. The number of carboxylic acid groups (broad SMARTS) is 1. The molecule has 138 valence electrons. The number of aryl methyl sites for hydroxylation is 2. The van der Waals surface area contributed by atoms with E-state index in [-0.39, 0.29) is 12.5 Å². The van der Waals surface area contributed by atoms with E-state index in [4.69, 9.17) is 9.84 Å². The fourth-order valence-corrected chi connectivity index (χ4v) is 2.96. The van der Waals surface area contributed by atoms with Gasteiger partial charge in [0.15, 0.2) is 0 Å². The number of nitrogens with zero attached hydrogens (tertiary/aromatic N) is 3. The maximum absolute atomic E-state index is 12.6. The highest BCUT2D eigenvalue weighted by atomic mass is 16.5. The molecule has 8 nitrogen and oxygen atoms in total. The predicted octanol–water partition coefficient (Wildman–Crippen LogP) is 2.35. The van der Waals surface area contributed by atoms with Crippen LogP contribution in [0.4, 0.5) is 10.5 Å². The summed E-state index contributed by atoms with van der Waals surface area (Å²) in [6, 6.07) is 8.93. The molecule has 0 bridgehead atoms. The van der Waals surface area contributed by atoms with Gasteiger partial charge in [-0.1, -0.05) is 6.07 Å². The fraction of sp³-hybridized carbons (Fsp3) is 0.389. The van der Waals surface area contributed by atoms with E-state index >= 15 is 0 Å². The van der Waals surface area contributed by atoms with Crippen LogP contribution < -0.4 is 10.1 Å². The van der Waals surface area contributed by atoms with Gasteiger partial charge in [-0.05, 0) is 24.6 Å². The lowest BCUT2D eigenvalue weighted by atomic mass is 10.2. The molecule has 8 heteroatoms. The van der Waals surface area contributed by atoms with Gasteiger partial charge in [0, 0.05) is 31.3 Å². The zero-order chi connectivity index (χ0) is 18.5. The number of anilines is 1. The van der Waals surface area contributed by atoms with Crippen molar-refractivity contribution in [2.75, 3.05) is 19.0 Å². The van der Waals surface area contributed by atoms with Crippen molar-refractivity contribution in [2.45, 2.75) is 32.4 Å². The first kappa shape index (κ1) is 17.8. The summed E-state index contributed by atoms with van der Waals surface area (Å²) in [5.74, 6) is -0.160. The molecule has 1 aliphatic heterocycles. The first-order valence-electron chi connectivity index (χ1n) is 8.52. The third-order valence-electron chi connectivity index (χ3n) is 4.27. The number of urea groups is 1. The van der Waals surface area contributed by atoms with Crippen molar-refractivity contribution in [1.29, 1.82) is 0 Å². The van der Waals surface area contributed by atoms with Crippen molar-refractivity contribution in [3.8, 4) is 5.75 Å². The van der Waals surface area contributed by atoms with Crippen molar-refractivity contribution in [2.24, 2.45) is 0 Å². The highest BCUT2D eigenvalue weighted by Crippen LogP contribution is 2.19. The minimum absolute atomic E-state index is 0.0521. The van der Waals surface area contributed by atoms with Crippen LogP contribution in [-0.4, -0.2) is 45.4 Å². The van der Waals surface area contributed by atoms with Gasteiger partial charge in [-0.2, -0.15) is 5.10 Å². The number of benzene rings is 1. The van der Waals surface area contributed by atoms with Gasteiger partial charge in [0.05, 0.1) is 31.5 Å². The van der Waals surface area contributed by atoms with E-state index in [0.717, 1.165) is 17.8 Å². The Morgan fingerprint density at radius 1 is 1.31 bits per heavy atom. The number of aliphatic carboxylic acids is 1. The Labute approximate surface area is 151 Å². The van der Waals surface area contributed by atoms with Crippen LogP contribution in [0.3, 0.4) is 0 Å². The van der Waals surface area contributed by atoms with E-state index in [1.165, 1.54) is 0 Å². The number of fused-ring (bicyclic) bond motifs is 1. The van der Waals surface area contributed by atoms with Crippen LogP contribution in [0.2, 0.25) is 0 Å². The van der Waals surface area contributed by atoms with Gasteiger partial charge >= 0.3 is 12.0 Å². The summed E-state index contributed by atoms with van der Waals surface area (Å²) >= 11 is 0. The topological polar surface area (TPSA) is 96.7 Å². The van der Waals surface area contributed by atoms with Gasteiger partial charge in [0.2, 0.25) is 0 Å². The van der Waals surface area contributed by atoms with Crippen LogP contribution in [0.1, 0.15) is 24.2 Å². The lowest BCUT2D eigenvalue weighted by Gasteiger charge is -2.20. The summed E-state index contributed by atoms with van der Waals surface area (Å²) in [6.07, 6.45) is 1.24. The Morgan fingerprint density at radius 2 is 2.15 bits per heavy atom. The van der Waals surface area contributed by atoms with E-state index in [0.29, 0.717) is 37.5 Å². The summed E-state index contributed by atoms with van der Waals surface area (Å²) < 4.78 is 7.04. The van der Waals surface area contributed by atoms with Gasteiger partial charge < -0.3 is 20.1 Å². The standard InChI is InChI=1S/C18H22N4O4/c1-26-16-5-2-4-13(11-16)19-18(25)21-8-3-9-22-15(12-21)10-14(20-22)6-7-17(23)24/h2,4-5,10-11H,3,6-9,12H2,1H3,(H,19,25)(H,23,24). The maximum atomic E-state index is 12.6. The largest absolute Gasteiger partial charge is 0.497 e. The van der Waals surface area contributed by atoms with Crippen molar-refractivity contribution in [1.82, 2.24) is 14.7 Å². The van der Waals surface area contributed by atoms with Crippen LogP contribution in [0, 0.1) is 0 Å². The number of ether oxygens (including phenoxy) is 1. The Morgan fingerprint density at radius 3 is 2.92 bits per heavy atom. The highest BCUT2D eigenvalue weighted by Gasteiger charge is 2.21. The van der Waals surface area contributed by atoms with Crippen LogP contribution in [0.25, 0.3) is 0 Å². The lowest BCUT2D eigenvalue weighted by molar-refractivity contribution is -0.136. The number of nitrogens with one attached hydrogen (secondary N) is 1. The average molecular weight is 358 g/mol. The van der Waals surface area contributed by atoms with E-state index in [2.05, 4.69) is 10.4 Å². The van der Waals surface area contributed by atoms with E-state index in [9.17, 15) is 9.59 Å². The number of amides is 2. The molecule has 0 saturated heterocycles. The second-order valence-corrected chi connectivity index (χ2v) is 6.18. The van der Waals surface area contributed by atoms with Crippen molar-refractivity contribution in [3.05, 3.63) is 41.7 Å². The van der Waals surface area contributed by atoms with Gasteiger partial charge in [0.25, 0.3) is 0 Å². The molecular weight excluding hydrogens is 336 g/mol. The van der Waals surface area contributed by atoms with Gasteiger partial charge in [-0.3, -0.25) is 9.48 Å². The summed E-state index contributed by atoms with van der Waals surface area (Å²) in [4.78, 5) is 25.1. The lowest BCUT2D eigenvalue weighted by Crippen LogP contribution is -2.34. The van der Waals surface area contributed by atoms with Crippen molar-refractivity contribution >= 4 is 17.7 Å². The second-order valence-electron chi connectivity index (χ2n) is 6.18. The quantitative estimate of drug-likeness (QED) is 0.855. The Hall–Kier alpha value is -3.03. The first-order chi connectivity index (χ1) is 12.5. The molecule has 0 aliphatic carbocycles. The molecule has 2 amide bonds. The normalized spacial score (nSPS) is 13.7. The SMILES string of the molecule is COc1cccc(NC(=O)N2CCCn3nc(CCC(=O)O)cc3C2)c1. The number of rotatable bonds is 5. The molecule has 26 heavy (non-hydrogen) atoms. The van der Waals surface area contributed by atoms with Crippen LogP contribution >= 0.6 is 0 Å². The fourth-order valence-electron chi connectivity index (χ4n) is 2.96. The molecule has 1 aromatic heterocycles. The maximum Gasteiger partial charge on any atom is 0.322 e. The summed E-state index contributed by atoms with van der Waals surface area (Å²) in [5.41, 5.74) is 2.34. The smallest absolute Gasteiger partial charge is 0.322 e. The van der Waals surface area contributed by atoms with Crippen LogP contribution in [0.15, 0.2) is 30.3 Å². The molecule has 3 rings (SSSR count). The number of carboxylic acids is 1. The third kappa shape index (κ3) is 4.33. The summed E-state index contributed by atoms with van der Waals surface area (Å²) in [6.45, 7) is 1.78. The van der Waals surface area contributed by atoms with E-state index < -0.39 is 5.97 Å². The number of carbonyl (C=O) groups excluding carboxylic acids is 1. The Kier molecular flexibility index (Phi) is 5.40. The molecule has 0 unspecified atom stereocenters. The molecule has 2 heterocycles.